The minimum atomic E-state index is -0.663. The Hall–Kier alpha value is -1.40. The number of nitrogens with two attached hydrogens (primary N) is 1. The van der Waals surface area contributed by atoms with Crippen molar-refractivity contribution in [3.05, 3.63) is 18.0 Å². The van der Waals surface area contributed by atoms with Crippen molar-refractivity contribution in [2.75, 3.05) is 13.2 Å². The van der Waals surface area contributed by atoms with E-state index in [1.54, 1.807) is 24.1 Å². The molecule has 18 heavy (non-hydrogen) atoms. The molecular weight excluding hydrogens is 232 g/mol. The van der Waals surface area contributed by atoms with Crippen LogP contribution < -0.4 is 11.1 Å². The van der Waals surface area contributed by atoms with Crippen molar-refractivity contribution < 1.29 is 9.53 Å². The molecule has 0 radical (unpaired) electrons. The Balaban J connectivity index is 1.90. The van der Waals surface area contributed by atoms with E-state index in [0.717, 1.165) is 18.6 Å². The topological polar surface area (TPSA) is 82.2 Å². The van der Waals surface area contributed by atoms with E-state index in [0.29, 0.717) is 12.5 Å². The maximum atomic E-state index is 12.0. The van der Waals surface area contributed by atoms with Crippen molar-refractivity contribution in [1.82, 2.24) is 15.1 Å². The summed E-state index contributed by atoms with van der Waals surface area (Å²) in [6, 6.07) is -0.578. The molecule has 3 atom stereocenters. The fourth-order valence-corrected chi connectivity index (χ4v) is 2.13. The summed E-state index contributed by atoms with van der Waals surface area (Å²) in [5.41, 5.74) is 6.63. The molecule has 0 bridgehead atoms. The van der Waals surface area contributed by atoms with Crippen molar-refractivity contribution in [3.8, 4) is 0 Å². The zero-order valence-corrected chi connectivity index (χ0v) is 10.8. The van der Waals surface area contributed by atoms with Gasteiger partial charge < -0.3 is 15.8 Å². The first-order valence-electron chi connectivity index (χ1n) is 6.20. The normalized spacial score (nSPS) is 22.7. The van der Waals surface area contributed by atoms with Gasteiger partial charge in [-0.2, -0.15) is 5.10 Å². The largest absolute Gasteiger partial charge is 0.381 e. The van der Waals surface area contributed by atoms with Crippen molar-refractivity contribution in [2.24, 2.45) is 18.7 Å². The van der Waals surface area contributed by atoms with Gasteiger partial charge in [0.05, 0.1) is 12.8 Å². The molecular formula is C12H20N4O2. The number of hydrogen-bond donors (Lipinski definition) is 2. The maximum absolute atomic E-state index is 12.0. The molecule has 1 aromatic rings. The first kappa shape index (κ1) is 13.0. The quantitative estimate of drug-likeness (QED) is 0.788. The van der Waals surface area contributed by atoms with Crippen LogP contribution in [0.5, 0.6) is 0 Å². The molecule has 1 aromatic heterocycles. The zero-order chi connectivity index (χ0) is 13.1. The van der Waals surface area contributed by atoms with Crippen LogP contribution in [-0.2, 0) is 16.6 Å². The van der Waals surface area contributed by atoms with Gasteiger partial charge in [-0.15, -0.1) is 0 Å². The molecule has 6 nitrogen and oxygen atoms in total. The van der Waals surface area contributed by atoms with E-state index in [4.69, 9.17) is 10.5 Å². The number of carbonyl (C=O) groups is 1. The van der Waals surface area contributed by atoms with Crippen LogP contribution in [0.4, 0.5) is 0 Å². The van der Waals surface area contributed by atoms with Gasteiger partial charge in [-0.05, 0) is 13.3 Å². The summed E-state index contributed by atoms with van der Waals surface area (Å²) in [7, 11) is 1.80. The summed E-state index contributed by atoms with van der Waals surface area (Å²) in [5.74, 6) is 0.220. The minimum Gasteiger partial charge on any atom is -0.381 e. The second-order valence-corrected chi connectivity index (χ2v) is 4.85. The molecule has 1 aliphatic heterocycles. The Labute approximate surface area is 106 Å². The number of rotatable bonds is 4. The van der Waals surface area contributed by atoms with Crippen LogP contribution in [0.25, 0.3) is 0 Å². The van der Waals surface area contributed by atoms with Gasteiger partial charge in [-0.25, -0.2) is 0 Å². The number of amides is 1. The van der Waals surface area contributed by atoms with E-state index in [9.17, 15) is 4.79 Å². The van der Waals surface area contributed by atoms with Gasteiger partial charge in [0, 0.05) is 37.4 Å². The van der Waals surface area contributed by atoms with Gasteiger partial charge >= 0.3 is 0 Å². The standard InChI is InChI=1S/C12H20N4O2/c1-8(9-3-4-18-7-9)15-12(17)11(13)10-5-14-16(2)6-10/h5-6,8-9,11H,3-4,7,13H2,1-2H3,(H,15,17). The van der Waals surface area contributed by atoms with E-state index >= 15 is 0 Å². The van der Waals surface area contributed by atoms with Crippen LogP contribution >= 0.6 is 0 Å². The van der Waals surface area contributed by atoms with Crippen LogP contribution in [0.1, 0.15) is 24.9 Å². The minimum absolute atomic E-state index is 0.0859. The summed E-state index contributed by atoms with van der Waals surface area (Å²) >= 11 is 0. The summed E-state index contributed by atoms with van der Waals surface area (Å²) in [4.78, 5) is 12.0. The number of ether oxygens (including phenoxy) is 1. The van der Waals surface area contributed by atoms with Crippen LogP contribution in [0.2, 0.25) is 0 Å². The first-order valence-corrected chi connectivity index (χ1v) is 6.20. The Kier molecular flexibility index (Phi) is 3.98. The zero-order valence-electron chi connectivity index (χ0n) is 10.8. The first-order chi connectivity index (χ1) is 8.58. The molecule has 1 aliphatic rings. The predicted octanol–water partition coefficient (Wildman–Crippen LogP) is -0.0389. The van der Waals surface area contributed by atoms with Crippen molar-refractivity contribution in [3.63, 3.8) is 0 Å². The SMILES string of the molecule is CC(NC(=O)C(N)c1cnn(C)c1)C1CCOC1. The van der Waals surface area contributed by atoms with Crippen molar-refractivity contribution in [2.45, 2.75) is 25.4 Å². The van der Waals surface area contributed by atoms with Crippen LogP contribution in [0, 0.1) is 5.92 Å². The Morgan fingerprint density at radius 3 is 3.06 bits per heavy atom. The fourth-order valence-electron chi connectivity index (χ4n) is 2.13. The molecule has 1 saturated heterocycles. The van der Waals surface area contributed by atoms with E-state index in [-0.39, 0.29) is 11.9 Å². The summed E-state index contributed by atoms with van der Waals surface area (Å²) in [6.07, 6.45) is 4.37. The average Bonchev–Trinajstić information content (AvgIpc) is 2.98. The summed E-state index contributed by atoms with van der Waals surface area (Å²) < 4.78 is 6.95. The van der Waals surface area contributed by atoms with Crippen molar-refractivity contribution >= 4 is 5.91 Å². The molecule has 100 valence electrons. The fraction of sp³-hybridized carbons (Fsp3) is 0.667. The van der Waals surface area contributed by atoms with Crippen LogP contribution in [-0.4, -0.2) is 34.9 Å². The Bertz CT molecular complexity index is 412. The van der Waals surface area contributed by atoms with E-state index < -0.39 is 6.04 Å². The molecule has 6 heteroatoms. The van der Waals surface area contributed by atoms with Crippen molar-refractivity contribution in [1.29, 1.82) is 0 Å². The highest BCUT2D eigenvalue weighted by molar-refractivity contribution is 5.83. The number of nitrogens with one attached hydrogen (secondary N) is 1. The molecule has 0 saturated carbocycles. The second kappa shape index (κ2) is 5.49. The molecule has 0 aliphatic carbocycles. The lowest BCUT2D eigenvalue weighted by Gasteiger charge is -2.21. The molecule has 2 rings (SSSR count). The lowest BCUT2D eigenvalue weighted by atomic mass is 10.00. The van der Waals surface area contributed by atoms with Crippen LogP contribution in [0.15, 0.2) is 12.4 Å². The van der Waals surface area contributed by atoms with Crippen LogP contribution in [0.3, 0.4) is 0 Å². The highest BCUT2D eigenvalue weighted by atomic mass is 16.5. The molecule has 2 heterocycles. The van der Waals surface area contributed by atoms with E-state index in [1.807, 2.05) is 6.92 Å². The monoisotopic (exact) mass is 252 g/mol. The summed E-state index contributed by atoms with van der Waals surface area (Å²) in [6.45, 7) is 3.48. The smallest absolute Gasteiger partial charge is 0.241 e. The van der Waals surface area contributed by atoms with Gasteiger partial charge in [-0.3, -0.25) is 9.48 Å². The van der Waals surface area contributed by atoms with Gasteiger partial charge in [0.25, 0.3) is 0 Å². The van der Waals surface area contributed by atoms with Gasteiger partial charge in [0.2, 0.25) is 5.91 Å². The van der Waals surface area contributed by atoms with Gasteiger partial charge in [0.1, 0.15) is 6.04 Å². The third-order valence-electron chi connectivity index (χ3n) is 3.41. The second-order valence-electron chi connectivity index (χ2n) is 4.85. The third-order valence-corrected chi connectivity index (χ3v) is 3.41. The molecule has 0 aromatic carbocycles. The number of hydrogen-bond acceptors (Lipinski definition) is 4. The highest BCUT2D eigenvalue weighted by Crippen LogP contribution is 2.17. The average molecular weight is 252 g/mol. The molecule has 3 N–H and O–H groups in total. The van der Waals surface area contributed by atoms with Gasteiger partial charge in [0.15, 0.2) is 0 Å². The molecule has 1 amide bonds. The maximum Gasteiger partial charge on any atom is 0.241 e. The highest BCUT2D eigenvalue weighted by Gasteiger charge is 2.26. The Morgan fingerprint density at radius 2 is 2.50 bits per heavy atom. The number of aromatic nitrogens is 2. The predicted molar refractivity (Wildman–Crippen MR) is 66.7 cm³/mol. The molecule has 0 spiro atoms. The van der Waals surface area contributed by atoms with E-state index in [2.05, 4.69) is 10.4 Å². The number of carbonyl (C=O) groups excluding carboxylic acids is 1. The lowest BCUT2D eigenvalue weighted by molar-refractivity contribution is -0.123. The van der Waals surface area contributed by atoms with E-state index in [1.165, 1.54) is 0 Å². The lowest BCUT2D eigenvalue weighted by Crippen LogP contribution is -2.43. The Morgan fingerprint density at radius 1 is 1.72 bits per heavy atom. The summed E-state index contributed by atoms with van der Waals surface area (Å²) in [5, 5.41) is 6.96. The number of aryl methyl sites for hydroxylation is 1. The number of nitrogens with zero attached hydrogens (tertiary/aromatic N) is 2. The van der Waals surface area contributed by atoms with Gasteiger partial charge in [-0.1, -0.05) is 0 Å². The molecule has 3 unspecified atom stereocenters. The third kappa shape index (κ3) is 2.88. The molecule has 1 fully saturated rings.